The molecule has 4 nitrogen and oxygen atoms in total. The largest absolute Gasteiger partial charge is 0.475 e. The zero-order valence-corrected chi connectivity index (χ0v) is 5.98. The Morgan fingerprint density at radius 2 is 2.00 bits per heavy atom. The Morgan fingerprint density at radius 3 is 2.36 bits per heavy atom. The topological polar surface area (TPSA) is 71.4 Å². The molecule has 0 aromatic rings. The number of ketones is 1. The van der Waals surface area contributed by atoms with Gasteiger partial charge in [0.05, 0.1) is 0 Å². The van der Waals surface area contributed by atoms with Crippen LogP contribution in [-0.4, -0.2) is 23.1 Å². The van der Waals surface area contributed by atoms with Gasteiger partial charge in [0.25, 0.3) is 0 Å². The number of carbonyl (C=O) groups excluding carboxylic acids is 2. The number of aldehydes is 1. The fraction of sp³-hybridized carbons (Fsp3) is 0.286. The van der Waals surface area contributed by atoms with E-state index in [0.717, 1.165) is 6.08 Å². The summed E-state index contributed by atoms with van der Waals surface area (Å²) >= 11 is 0. The summed E-state index contributed by atoms with van der Waals surface area (Å²) in [7, 11) is 0. The zero-order valence-electron chi connectivity index (χ0n) is 5.98. The highest BCUT2D eigenvalue weighted by Crippen LogP contribution is 1.97. The fourth-order valence-electron chi connectivity index (χ4n) is 0.494. The van der Waals surface area contributed by atoms with Crippen molar-refractivity contribution >= 4 is 18.0 Å². The molecule has 0 aliphatic carbocycles. The van der Waals surface area contributed by atoms with Crippen LogP contribution in [0.5, 0.6) is 0 Å². The van der Waals surface area contributed by atoms with Gasteiger partial charge >= 0.3 is 5.97 Å². The van der Waals surface area contributed by atoms with Crippen LogP contribution in [0.1, 0.15) is 6.92 Å². The van der Waals surface area contributed by atoms with Crippen LogP contribution >= 0.6 is 0 Å². The van der Waals surface area contributed by atoms with Crippen molar-refractivity contribution in [1.29, 1.82) is 0 Å². The van der Waals surface area contributed by atoms with Crippen LogP contribution in [-0.2, 0) is 14.4 Å². The maximum atomic E-state index is 10.6. The summed E-state index contributed by atoms with van der Waals surface area (Å²) in [6, 6.07) is 0. The predicted molar refractivity (Wildman–Crippen MR) is 37.0 cm³/mol. The van der Waals surface area contributed by atoms with Crippen molar-refractivity contribution in [2.45, 2.75) is 6.92 Å². The number of carbonyl (C=O) groups is 3. The first-order chi connectivity index (χ1) is 5.09. The summed E-state index contributed by atoms with van der Waals surface area (Å²) in [5.41, 5.74) is 0. The van der Waals surface area contributed by atoms with Crippen molar-refractivity contribution < 1.29 is 19.5 Å². The van der Waals surface area contributed by atoms with Gasteiger partial charge < -0.3 is 5.11 Å². The minimum Gasteiger partial charge on any atom is -0.475 e. The summed E-state index contributed by atoms with van der Waals surface area (Å²) in [5, 5.41) is 8.18. The normalized spacial score (nSPS) is 12.8. The molecule has 0 bridgehead atoms. The summed E-state index contributed by atoms with van der Waals surface area (Å²) in [5.74, 6) is -3.13. The zero-order chi connectivity index (χ0) is 8.85. The Kier molecular flexibility index (Phi) is 3.80. The molecule has 0 fully saturated rings. The smallest absolute Gasteiger partial charge is 0.372 e. The fourth-order valence-corrected chi connectivity index (χ4v) is 0.494. The van der Waals surface area contributed by atoms with Gasteiger partial charge in [-0.1, -0.05) is 13.0 Å². The molecule has 11 heavy (non-hydrogen) atoms. The molecule has 0 saturated heterocycles. The monoisotopic (exact) mass is 156 g/mol. The third-order valence-corrected chi connectivity index (χ3v) is 1.10. The molecule has 0 aromatic carbocycles. The molecule has 0 aromatic heterocycles. The van der Waals surface area contributed by atoms with Gasteiger partial charge in [0.2, 0.25) is 5.78 Å². The summed E-state index contributed by atoms with van der Waals surface area (Å²) in [4.78, 5) is 30.4. The van der Waals surface area contributed by atoms with Crippen LogP contribution in [0.4, 0.5) is 0 Å². The van der Waals surface area contributed by atoms with E-state index in [1.54, 1.807) is 0 Å². The van der Waals surface area contributed by atoms with Crippen molar-refractivity contribution in [3.8, 4) is 0 Å². The van der Waals surface area contributed by atoms with Crippen LogP contribution in [0, 0.1) is 5.92 Å². The number of rotatable bonds is 4. The van der Waals surface area contributed by atoms with Gasteiger partial charge in [0.15, 0.2) is 0 Å². The Balaban J connectivity index is 4.13. The highest BCUT2D eigenvalue weighted by molar-refractivity contribution is 6.33. The second-order valence-corrected chi connectivity index (χ2v) is 1.98. The van der Waals surface area contributed by atoms with Gasteiger partial charge in [-0.25, -0.2) is 4.79 Å². The van der Waals surface area contributed by atoms with Crippen LogP contribution in [0.15, 0.2) is 12.2 Å². The van der Waals surface area contributed by atoms with E-state index in [1.165, 1.54) is 13.0 Å². The van der Waals surface area contributed by atoms with Crippen molar-refractivity contribution in [3.63, 3.8) is 0 Å². The second-order valence-electron chi connectivity index (χ2n) is 1.98. The van der Waals surface area contributed by atoms with Gasteiger partial charge in [-0.3, -0.25) is 9.59 Å². The lowest BCUT2D eigenvalue weighted by Gasteiger charge is -1.97. The Bertz CT molecular complexity index is 204. The van der Waals surface area contributed by atoms with Gasteiger partial charge in [-0.2, -0.15) is 0 Å². The van der Waals surface area contributed by atoms with Crippen molar-refractivity contribution in [2.24, 2.45) is 5.92 Å². The predicted octanol–water partition coefficient (Wildman–Crippen LogP) is 0.0313. The lowest BCUT2D eigenvalue weighted by atomic mass is 10.1. The minimum atomic E-state index is -1.48. The first-order valence-corrected chi connectivity index (χ1v) is 2.98. The van der Waals surface area contributed by atoms with E-state index in [0.29, 0.717) is 6.29 Å². The molecular formula is C7H8O4. The van der Waals surface area contributed by atoms with Crippen molar-refractivity contribution in [1.82, 2.24) is 0 Å². The average molecular weight is 156 g/mol. The SMILES string of the molecule is CC(/C=C/C=O)C(=O)C(=O)O. The third-order valence-electron chi connectivity index (χ3n) is 1.10. The minimum absolute atomic E-state index is 0.492. The molecule has 0 aliphatic rings. The highest BCUT2D eigenvalue weighted by atomic mass is 16.4. The Morgan fingerprint density at radius 1 is 1.45 bits per heavy atom. The van der Waals surface area contributed by atoms with Crippen LogP contribution in [0.25, 0.3) is 0 Å². The van der Waals surface area contributed by atoms with Gasteiger partial charge in [0, 0.05) is 5.92 Å². The molecule has 1 atom stereocenters. The van der Waals surface area contributed by atoms with E-state index in [-0.39, 0.29) is 0 Å². The molecule has 1 unspecified atom stereocenters. The van der Waals surface area contributed by atoms with E-state index in [9.17, 15) is 14.4 Å². The van der Waals surface area contributed by atoms with Crippen molar-refractivity contribution in [3.05, 3.63) is 12.2 Å². The molecule has 4 heteroatoms. The Labute approximate surface area is 63.5 Å². The van der Waals surface area contributed by atoms with Crippen LogP contribution in [0.3, 0.4) is 0 Å². The quantitative estimate of drug-likeness (QED) is 0.354. The number of allylic oxidation sites excluding steroid dienone is 2. The molecule has 0 saturated carbocycles. The Hall–Kier alpha value is -1.45. The van der Waals surface area contributed by atoms with Crippen molar-refractivity contribution in [2.75, 3.05) is 0 Å². The molecule has 0 amide bonds. The summed E-state index contributed by atoms with van der Waals surface area (Å²) < 4.78 is 0. The summed E-state index contributed by atoms with van der Waals surface area (Å²) in [6.45, 7) is 1.41. The number of aliphatic carboxylic acids is 1. The highest BCUT2D eigenvalue weighted by Gasteiger charge is 2.16. The number of carboxylic acid groups (broad SMARTS) is 1. The summed E-state index contributed by atoms with van der Waals surface area (Å²) in [6.07, 6.45) is 2.83. The van der Waals surface area contributed by atoms with Crippen LogP contribution in [0.2, 0.25) is 0 Å². The van der Waals surface area contributed by atoms with Gasteiger partial charge in [-0.05, 0) is 6.08 Å². The molecule has 0 rings (SSSR count). The molecule has 1 N–H and O–H groups in total. The number of hydrogen-bond acceptors (Lipinski definition) is 3. The number of Topliss-reactive ketones (excluding diaryl/α,β-unsaturated/α-hetero) is 1. The molecule has 0 heterocycles. The average Bonchev–Trinajstić information content (AvgIpc) is 1.98. The molecule has 0 aliphatic heterocycles. The van der Waals surface area contributed by atoms with E-state index in [1.807, 2.05) is 0 Å². The van der Waals surface area contributed by atoms with E-state index in [2.05, 4.69) is 0 Å². The third kappa shape index (κ3) is 3.30. The lowest BCUT2D eigenvalue weighted by Crippen LogP contribution is -2.19. The first kappa shape index (κ1) is 9.55. The lowest BCUT2D eigenvalue weighted by molar-refractivity contribution is -0.150. The van der Waals surface area contributed by atoms with Gasteiger partial charge in [0.1, 0.15) is 6.29 Å². The number of hydrogen-bond donors (Lipinski definition) is 1. The van der Waals surface area contributed by atoms with E-state index >= 15 is 0 Å². The molecule has 60 valence electrons. The molecule has 0 radical (unpaired) electrons. The van der Waals surface area contributed by atoms with Crippen LogP contribution < -0.4 is 0 Å². The number of carboxylic acids is 1. The van der Waals surface area contributed by atoms with Gasteiger partial charge in [-0.15, -0.1) is 0 Å². The molecular weight excluding hydrogens is 148 g/mol. The second kappa shape index (κ2) is 4.38. The van der Waals surface area contributed by atoms with E-state index < -0.39 is 17.7 Å². The first-order valence-electron chi connectivity index (χ1n) is 2.98. The maximum absolute atomic E-state index is 10.6. The maximum Gasteiger partial charge on any atom is 0.372 e. The standard InChI is InChI=1S/C7H8O4/c1-5(3-2-4-8)6(9)7(10)11/h2-5H,1H3,(H,10,11)/b3-2+. The van der Waals surface area contributed by atoms with E-state index in [4.69, 9.17) is 5.11 Å². The molecule has 0 spiro atoms.